The normalized spacial score (nSPS) is 10.0. The van der Waals surface area contributed by atoms with Gasteiger partial charge in [-0.2, -0.15) is 0 Å². The molecule has 6 nitrogen and oxygen atoms in total. The Balaban J connectivity index is 0.00000106. The van der Waals surface area contributed by atoms with Crippen molar-refractivity contribution in [3.8, 4) is 0 Å². The summed E-state index contributed by atoms with van der Waals surface area (Å²) in [5, 5.41) is 10.5. The summed E-state index contributed by atoms with van der Waals surface area (Å²) in [6.45, 7) is 4.00. The number of amidine groups is 1. The third-order valence-corrected chi connectivity index (χ3v) is 1.45. The van der Waals surface area contributed by atoms with E-state index in [0.717, 1.165) is 0 Å². The van der Waals surface area contributed by atoms with Crippen molar-refractivity contribution >= 4 is 23.5 Å². The van der Waals surface area contributed by atoms with Gasteiger partial charge >= 0.3 is 0 Å². The van der Waals surface area contributed by atoms with E-state index in [4.69, 9.17) is 5.73 Å². The van der Waals surface area contributed by atoms with Crippen LogP contribution in [0.5, 0.6) is 0 Å². The predicted molar refractivity (Wildman–Crippen MR) is 61.8 cm³/mol. The Hall–Kier alpha value is -2.24. The van der Waals surface area contributed by atoms with E-state index in [9.17, 15) is 14.9 Å². The van der Waals surface area contributed by atoms with Crippen molar-refractivity contribution in [3.63, 3.8) is 0 Å². The predicted octanol–water partition coefficient (Wildman–Crippen LogP) is 1.81. The van der Waals surface area contributed by atoms with E-state index in [-0.39, 0.29) is 17.2 Å². The van der Waals surface area contributed by atoms with Gasteiger partial charge in [-0.3, -0.25) is 14.9 Å². The van der Waals surface area contributed by atoms with Crippen LogP contribution in [0.2, 0.25) is 0 Å². The van der Waals surface area contributed by atoms with E-state index in [0.29, 0.717) is 6.29 Å². The molecular weight excluding hydrogens is 210 g/mol. The van der Waals surface area contributed by atoms with E-state index < -0.39 is 4.92 Å². The fourth-order valence-electron chi connectivity index (χ4n) is 0.879. The highest BCUT2D eigenvalue weighted by Crippen LogP contribution is 2.25. The molecular formula is C10H13N3O3. The lowest BCUT2D eigenvalue weighted by molar-refractivity contribution is -0.384. The van der Waals surface area contributed by atoms with E-state index in [1.165, 1.54) is 18.2 Å². The number of hydrogen-bond donors (Lipinski definition) is 1. The van der Waals surface area contributed by atoms with Crippen LogP contribution < -0.4 is 5.73 Å². The molecule has 16 heavy (non-hydrogen) atoms. The molecule has 6 heteroatoms. The summed E-state index contributed by atoms with van der Waals surface area (Å²) in [5.74, 6) is -0.292. The molecule has 0 unspecified atom stereocenters. The van der Waals surface area contributed by atoms with E-state index in [1.54, 1.807) is 6.07 Å². The second-order valence-electron chi connectivity index (χ2n) is 2.40. The molecule has 0 bridgehead atoms. The smallest absolute Gasteiger partial charge is 0.294 e. The molecule has 86 valence electrons. The molecule has 0 heterocycles. The second kappa shape index (κ2) is 7.10. The Bertz CT molecular complexity index is 402. The number of carbonyl (C=O) groups is 1. The number of rotatable bonds is 3. The first-order valence-corrected chi connectivity index (χ1v) is 4.68. The Morgan fingerprint density at radius 3 is 2.50 bits per heavy atom. The molecule has 1 aromatic carbocycles. The van der Waals surface area contributed by atoms with Crippen LogP contribution in [0, 0.1) is 10.1 Å². The van der Waals surface area contributed by atoms with Crippen LogP contribution in [0.1, 0.15) is 13.8 Å². The maximum Gasteiger partial charge on any atom is 0.294 e. The lowest BCUT2D eigenvalue weighted by Crippen LogP contribution is -2.11. The summed E-state index contributed by atoms with van der Waals surface area (Å²) in [4.78, 5) is 23.7. The van der Waals surface area contributed by atoms with Gasteiger partial charge in [0.15, 0.2) is 12.1 Å². The molecule has 0 aliphatic carbocycles. The number of nitrogens with zero attached hydrogens (tertiary/aromatic N) is 2. The topological polar surface area (TPSA) is 98.6 Å². The number of carbonyl (C=O) groups excluding carboxylic acids is 1. The highest BCUT2D eigenvalue weighted by atomic mass is 16.6. The molecule has 0 spiro atoms. The van der Waals surface area contributed by atoms with Crippen LogP contribution in [-0.2, 0) is 4.79 Å². The van der Waals surface area contributed by atoms with Crippen molar-refractivity contribution in [1.29, 1.82) is 0 Å². The monoisotopic (exact) mass is 223 g/mol. The van der Waals surface area contributed by atoms with E-state index >= 15 is 0 Å². The lowest BCUT2D eigenvalue weighted by atomic mass is 10.3. The number of nitrogens with two attached hydrogens (primary N) is 1. The average Bonchev–Trinajstić information content (AvgIpc) is 2.32. The summed E-state index contributed by atoms with van der Waals surface area (Å²) in [7, 11) is 0. The minimum absolute atomic E-state index is 0.0714. The van der Waals surface area contributed by atoms with Gasteiger partial charge in [0.2, 0.25) is 0 Å². The van der Waals surface area contributed by atoms with Crippen molar-refractivity contribution < 1.29 is 9.72 Å². The summed E-state index contributed by atoms with van der Waals surface area (Å²) < 4.78 is 0. The number of nitro benzene ring substituents is 1. The molecule has 1 rings (SSSR count). The maximum absolute atomic E-state index is 10.5. The minimum atomic E-state index is -0.586. The molecule has 0 aliphatic heterocycles. The largest absolute Gasteiger partial charge is 0.381 e. The van der Waals surface area contributed by atoms with Crippen molar-refractivity contribution in [3.05, 3.63) is 34.4 Å². The van der Waals surface area contributed by atoms with Gasteiger partial charge in [0.05, 0.1) is 4.92 Å². The zero-order valence-corrected chi connectivity index (χ0v) is 9.08. The second-order valence-corrected chi connectivity index (χ2v) is 2.40. The van der Waals surface area contributed by atoms with Crippen molar-refractivity contribution in [2.45, 2.75) is 13.8 Å². The fraction of sp³-hybridized carbons (Fsp3) is 0.200. The van der Waals surface area contributed by atoms with Gasteiger partial charge < -0.3 is 5.73 Å². The molecule has 2 N–H and O–H groups in total. The van der Waals surface area contributed by atoms with Gasteiger partial charge in [0.1, 0.15) is 5.69 Å². The first kappa shape index (κ1) is 13.8. The third-order valence-electron chi connectivity index (χ3n) is 1.45. The molecule has 1 aromatic rings. The summed E-state index contributed by atoms with van der Waals surface area (Å²) in [6.07, 6.45) is 0.330. The van der Waals surface area contributed by atoms with E-state index in [1.807, 2.05) is 13.8 Å². The van der Waals surface area contributed by atoms with Gasteiger partial charge in [-0.1, -0.05) is 26.0 Å². The highest BCUT2D eigenvalue weighted by Gasteiger charge is 2.11. The van der Waals surface area contributed by atoms with Crippen LogP contribution in [0.4, 0.5) is 11.4 Å². The Labute approximate surface area is 92.9 Å². The number of benzene rings is 1. The zero-order valence-electron chi connectivity index (χ0n) is 9.08. The molecule has 0 radical (unpaired) electrons. The van der Waals surface area contributed by atoms with Crippen LogP contribution in [-0.4, -0.2) is 17.0 Å². The maximum atomic E-state index is 10.5. The number of para-hydroxylation sites is 2. The van der Waals surface area contributed by atoms with Gasteiger partial charge in [-0.25, -0.2) is 4.99 Å². The number of hydrogen-bond acceptors (Lipinski definition) is 4. The molecule has 0 saturated carbocycles. The SMILES string of the molecule is CC.NC(C=O)=Nc1ccccc1[N+](=O)[O-]. The van der Waals surface area contributed by atoms with Gasteiger partial charge in [0.25, 0.3) is 5.69 Å². The Morgan fingerprint density at radius 2 is 2.00 bits per heavy atom. The van der Waals surface area contributed by atoms with Crippen LogP contribution >= 0.6 is 0 Å². The quantitative estimate of drug-likeness (QED) is 0.277. The third kappa shape index (κ3) is 3.87. The Morgan fingerprint density at radius 1 is 1.44 bits per heavy atom. The molecule has 0 aromatic heterocycles. The average molecular weight is 223 g/mol. The summed E-state index contributed by atoms with van der Waals surface area (Å²) in [6, 6.07) is 5.78. The molecule has 0 fully saturated rings. The van der Waals surface area contributed by atoms with Gasteiger partial charge in [-0.05, 0) is 6.07 Å². The zero-order chi connectivity index (χ0) is 12.6. The molecule has 0 saturated heterocycles. The number of aldehydes is 1. The Kier molecular flexibility index (Phi) is 6.11. The first-order valence-electron chi connectivity index (χ1n) is 4.68. The van der Waals surface area contributed by atoms with Crippen molar-refractivity contribution in [1.82, 2.24) is 0 Å². The van der Waals surface area contributed by atoms with Crippen LogP contribution in [0.15, 0.2) is 29.3 Å². The van der Waals surface area contributed by atoms with Crippen molar-refractivity contribution in [2.75, 3.05) is 0 Å². The first-order chi connectivity index (χ1) is 7.65. The lowest BCUT2D eigenvalue weighted by Gasteiger charge is -1.95. The fourth-order valence-corrected chi connectivity index (χ4v) is 0.879. The minimum Gasteiger partial charge on any atom is -0.381 e. The standard InChI is InChI=1S/C8H7N3O3.C2H6/c9-8(5-12)10-6-3-1-2-4-7(6)11(13)14;1-2/h1-5H,(H2,9,10);1-2H3. The van der Waals surface area contributed by atoms with Crippen LogP contribution in [0.3, 0.4) is 0 Å². The summed E-state index contributed by atoms with van der Waals surface area (Å²) in [5.41, 5.74) is 5.02. The molecule has 0 atom stereocenters. The molecule has 0 amide bonds. The van der Waals surface area contributed by atoms with E-state index in [2.05, 4.69) is 4.99 Å². The molecule has 0 aliphatic rings. The van der Waals surface area contributed by atoms with Crippen molar-refractivity contribution in [2.24, 2.45) is 10.7 Å². The van der Waals surface area contributed by atoms with Gasteiger partial charge in [0, 0.05) is 6.07 Å². The number of nitro groups is 1. The van der Waals surface area contributed by atoms with Crippen LogP contribution in [0.25, 0.3) is 0 Å². The number of aliphatic imine (C=N–C) groups is 1. The highest BCUT2D eigenvalue weighted by molar-refractivity contribution is 6.26. The summed E-state index contributed by atoms with van der Waals surface area (Å²) >= 11 is 0. The van der Waals surface area contributed by atoms with Gasteiger partial charge in [-0.15, -0.1) is 0 Å².